The van der Waals surface area contributed by atoms with Gasteiger partial charge >= 0.3 is 6.03 Å². The summed E-state index contributed by atoms with van der Waals surface area (Å²) in [6.45, 7) is 0.461. The maximum atomic E-state index is 12.0. The minimum Gasteiger partial charge on any atom is -0.508 e. The van der Waals surface area contributed by atoms with E-state index in [0.29, 0.717) is 18.1 Å². The topological polar surface area (TPSA) is 92.1 Å². The lowest BCUT2D eigenvalue weighted by Crippen LogP contribution is -2.21. The summed E-state index contributed by atoms with van der Waals surface area (Å²) in [6.07, 6.45) is 3.32. The molecule has 0 aliphatic carbocycles. The van der Waals surface area contributed by atoms with E-state index in [-0.39, 0.29) is 5.75 Å². The molecule has 0 aliphatic heterocycles. The highest BCUT2D eigenvalue weighted by Gasteiger charge is 2.08. The lowest BCUT2D eigenvalue weighted by molar-refractivity contribution is 0.262. The fourth-order valence-corrected chi connectivity index (χ4v) is 2.03. The van der Waals surface area contributed by atoms with Crippen molar-refractivity contribution in [1.82, 2.24) is 14.8 Å². The quantitative estimate of drug-likeness (QED) is 0.646. The summed E-state index contributed by atoms with van der Waals surface area (Å²) < 4.78 is 1.65. The van der Waals surface area contributed by atoms with Crippen LogP contribution in [0.3, 0.4) is 0 Å². The number of urea groups is 1. The molecule has 3 aromatic rings. The van der Waals surface area contributed by atoms with Crippen molar-refractivity contribution in [2.75, 3.05) is 10.6 Å². The fraction of sp³-hybridized carbons (Fsp3) is 0.0625. The van der Waals surface area contributed by atoms with Crippen molar-refractivity contribution in [2.45, 2.75) is 6.54 Å². The number of hydrogen-bond donors (Lipinski definition) is 3. The first kappa shape index (κ1) is 14.6. The van der Waals surface area contributed by atoms with Gasteiger partial charge in [0.2, 0.25) is 0 Å². The molecule has 7 nitrogen and oxygen atoms in total. The second kappa shape index (κ2) is 6.61. The van der Waals surface area contributed by atoms with Gasteiger partial charge in [-0.2, -0.15) is 5.10 Å². The van der Waals surface area contributed by atoms with Crippen LogP contribution in [-0.2, 0) is 6.54 Å². The van der Waals surface area contributed by atoms with Crippen LogP contribution in [0.15, 0.2) is 60.9 Å². The Labute approximate surface area is 132 Å². The Morgan fingerprint density at radius 1 is 1.04 bits per heavy atom. The van der Waals surface area contributed by atoms with Gasteiger partial charge in [-0.05, 0) is 36.4 Å². The smallest absolute Gasteiger partial charge is 0.324 e. The van der Waals surface area contributed by atoms with Crippen LogP contribution in [0.1, 0.15) is 5.69 Å². The first-order valence-corrected chi connectivity index (χ1v) is 6.99. The summed E-state index contributed by atoms with van der Waals surface area (Å²) >= 11 is 0. The molecular weight excluding hydrogens is 294 g/mol. The lowest BCUT2D eigenvalue weighted by Gasteiger charge is -2.10. The zero-order valence-electron chi connectivity index (χ0n) is 12.2. The molecule has 0 radical (unpaired) electrons. The number of hydrogen-bond acceptors (Lipinski definition) is 4. The van der Waals surface area contributed by atoms with E-state index in [9.17, 15) is 9.90 Å². The molecule has 116 valence electrons. The predicted octanol–water partition coefficient (Wildman–Crippen LogP) is 2.68. The van der Waals surface area contributed by atoms with Gasteiger partial charge < -0.3 is 10.4 Å². The monoisotopic (exact) mass is 309 g/mol. The van der Waals surface area contributed by atoms with Crippen LogP contribution in [-0.4, -0.2) is 25.9 Å². The van der Waals surface area contributed by atoms with Gasteiger partial charge in [-0.15, -0.1) is 0 Å². The normalized spacial score (nSPS) is 10.3. The first-order chi connectivity index (χ1) is 11.2. The zero-order chi connectivity index (χ0) is 16.1. The number of aromatic hydroxyl groups is 1. The Balaban J connectivity index is 1.65. The fourth-order valence-electron chi connectivity index (χ4n) is 2.03. The number of carbonyl (C=O) groups is 1. The SMILES string of the molecule is O=C(Nc1ccc(O)cc1)Nc1ccnn1Cc1ccccn1. The van der Waals surface area contributed by atoms with Gasteiger partial charge in [0.1, 0.15) is 11.6 Å². The van der Waals surface area contributed by atoms with Crippen molar-refractivity contribution < 1.29 is 9.90 Å². The Kier molecular flexibility index (Phi) is 4.19. The van der Waals surface area contributed by atoms with E-state index in [0.717, 1.165) is 5.69 Å². The van der Waals surface area contributed by atoms with Gasteiger partial charge in [0.15, 0.2) is 0 Å². The zero-order valence-corrected chi connectivity index (χ0v) is 12.2. The number of rotatable bonds is 4. The molecule has 0 saturated carbocycles. The predicted molar refractivity (Wildman–Crippen MR) is 86.3 cm³/mol. The van der Waals surface area contributed by atoms with Gasteiger partial charge in [0.05, 0.1) is 18.4 Å². The molecule has 3 rings (SSSR count). The summed E-state index contributed by atoms with van der Waals surface area (Å²) in [7, 11) is 0. The van der Waals surface area contributed by atoms with Crippen LogP contribution < -0.4 is 10.6 Å². The third-order valence-electron chi connectivity index (χ3n) is 3.12. The van der Waals surface area contributed by atoms with Crippen LogP contribution in [0, 0.1) is 0 Å². The minimum absolute atomic E-state index is 0.143. The molecule has 1 aromatic carbocycles. The number of phenols is 1. The molecule has 7 heteroatoms. The summed E-state index contributed by atoms with van der Waals surface area (Å²) in [5.74, 6) is 0.705. The molecule has 0 spiro atoms. The van der Waals surface area contributed by atoms with E-state index in [1.807, 2.05) is 18.2 Å². The second-order valence-electron chi connectivity index (χ2n) is 4.82. The Morgan fingerprint density at radius 3 is 2.61 bits per heavy atom. The number of phenolic OH excluding ortho intramolecular Hbond substituents is 1. The van der Waals surface area contributed by atoms with E-state index < -0.39 is 6.03 Å². The van der Waals surface area contributed by atoms with E-state index in [2.05, 4.69) is 20.7 Å². The molecule has 23 heavy (non-hydrogen) atoms. The number of pyridine rings is 1. The number of anilines is 2. The molecule has 0 saturated heterocycles. The van der Waals surface area contributed by atoms with Crippen LogP contribution in [0.5, 0.6) is 5.75 Å². The number of aromatic nitrogens is 3. The van der Waals surface area contributed by atoms with Crippen molar-refractivity contribution in [3.05, 3.63) is 66.6 Å². The summed E-state index contributed by atoms with van der Waals surface area (Å²) in [4.78, 5) is 16.3. The van der Waals surface area contributed by atoms with E-state index in [1.54, 1.807) is 35.3 Å². The first-order valence-electron chi connectivity index (χ1n) is 6.99. The molecule has 0 unspecified atom stereocenters. The molecule has 3 N–H and O–H groups in total. The number of nitrogens with one attached hydrogen (secondary N) is 2. The maximum Gasteiger partial charge on any atom is 0.324 e. The summed E-state index contributed by atoms with van der Waals surface area (Å²) in [5, 5.41) is 18.8. The van der Waals surface area contributed by atoms with Gasteiger partial charge in [-0.3, -0.25) is 10.3 Å². The van der Waals surface area contributed by atoms with Gasteiger partial charge in [-0.1, -0.05) is 6.07 Å². The molecule has 2 heterocycles. The third kappa shape index (κ3) is 3.85. The average molecular weight is 309 g/mol. The van der Waals surface area contributed by atoms with Crippen molar-refractivity contribution in [3.8, 4) is 5.75 Å². The lowest BCUT2D eigenvalue weighted by atomic mass is 10.3. The Morgan fingerprint density at radius 2 is 1.87 bits per heavy atom. The standard InChI is InChI=1S/C16H15N5O2/c22-14-6-4-12(5-7-14)19-16(23)20-15-8-10-18-21(15)11-13-3-1-2-9-17-13/h1-10,22H,11H2,(H2,19,20,23). The number of nitrogens with zero attached hydrogens (tertiary/aromatic N) is 3. The molecule has 0 bridgehead atoms. The van der Waals surface area contributed by atoms with Crippen molar-refractivity contribution >= 4 is 17.5 Å². The molecule has 2 aromatic heterocycles. The van der Waals surface area contributed by atoms with E-state index in [4.69, 9.17) is 0 Å². The minimum atomic E-state index is -0.390. The van der Waals surface area contributed by atoms with E-state index >= 15 is 0 Å². The largest absolute Gasteiger partial charge is 0.508 e. The number of amides is 2. The molecule has 2 amide bonds. The highest BCUT2D eigenvalue weighted by Crippen LogP contribution is 2.14. The number of carbonyl (C=O) groups excluding carboxylic acids is 1. The molecular formula is C16H15N5O2. The Bertz CT molecular complexity index is 784. The summed E-state index contributed by atoms with van der Waals surface area (Å²) in [5.41, 5.74) is 1.43. The van der Waals surface area contributed by atoms with Gasteiger partial charge in [-0.25, -0.2) is 9.48 Å². The van der Waals surface area contributed by atoms with Crippen LogP contribution in [0.4, 0.5) is 16.3 Å². The van der Waals surface area contributed by atoms with Crippen molar-refractivity contribution in [3.63, 3.8) is 0 Å². The third-order valence-corrected chi connectivity index (χ3v) is 3.12. The summed E-state index contributed by atoms with van der Waals surface area (Å²) in [6, 6.07) is 13.2. The Hall–Kier alpha value is -3.35. The van der Waals surface area contributed by atoms with Crippen LogP contribution >= 0.6 is 0 Å². The van der Waals surface area contributed by atoms with Crippen LogP contribution in [0.2, 0.25) is 0 Å². The van der Waals surface area contributed by atoms with Gasteiger partial charge in [0, 0.05) is 18.0 Å². The van der Waals surface area contributed by atoms with Crippen LogP contribution in [0.25, 0.3) is 0 Å². The van der Waals surface area contributed by atoms with Crippen molar-refractivity contribution in [1.29, 1.82) is 0 Å². The number of benzene rings is 1. The molecule has 0 aliphatic rings. The second-order valence-corrected chi connectivity index (χ2v) is 4.82. The van der Waals surface area contributed by atoms with E-state index in [1.165, 1.54) is 12.1 Å². The highest BCUT2D eigenvalue weighted by molar-refractivity contribution is 5.99. The van der Waals surface area contributed by atoms with Gasteiger partial charge in [0.25, 0.3) is 0 Å². The molecule has 0 atom stereocenters. The van der Waals surface area contributed by atoms with Crippen molar-refractivity contribution in [2.24, 2.45) is 0 Å². The molecule has 0 fully saturated rings. The maximum absolute atomic E-state index is 12.0. The highest BCUT2D eigenvalue weighted by atomic mass is 16.3. The average Bonchev–Trinajstić information content (AvgIpc) is 2.97.